The Morgan fingerprint density at radius 3 is 1.70 bits per heavy atom. The summed E-state index contributed by atoms with van der Waals surface area (Å²) in [5, 5.41) is 15.3. The largest absolute Gasteiger partial charge is 0.506 e. The molecule has 27 heavy (non-hydrogen) atoms. The second-order valence-corrected chi connectivity index (χ2v) is 5.88. The van der Waals surface area contributed by atoms with Crippen molar-refractivity contribution >= 4 is 34.6 Å². The third-order valence-corrected chi connectivity index (χ3v) is 3.85. The van der Waals surface area contributed by atoms with Gasteiger partial charge in [0, 0.05) is 28.2 Å². The fraction of sp³-hybridized carbons (Fsp3) is 0. The molecule has 0 aliphatic rings. The molecule has 3 aromatic rings. The zero-order valence-electron chi connectivity index (χ0n) is 14.3. The molecular formula is C20H18N4O3. The summed E-state index contributed by atoms with van der Waals surface area (Å²) in [4.78, 5) is 24.6. The molecule has 0 spiro atoms. The Bertz CT molecular complexity index is 983. The Morgan fingerprint density at radius 2 is 1.19 bits per heavy atom. The number of anilines is 4. The molecule has 136 valence electrons. The molecule has 2 amide bonds. The lowest BCUT2D eigenvalue weighted by molar-refractivity contribution is 0.101. The summed E-state index contributed by atoms with van der Waals surface area (Å²) >= 11 is 0. The van der Waals surface area contributed by atoms with Crippen LogP contribution in [0.5, 0.6) is 5.75 Å². The van der Waals surface area contributed by atoms with Crippen LogP contribution in [-0.2, 0) is 0 Å². The van der Waals surface area contributed by atoms with Crippen LogP contribution < -0.4 is 22.1 Å². The SMILES string of the molecule is Nc1ccc(C(=O)Nc2ccc(O)c(NC(=O)c3ccc(N)cc3)c2)cc1. The Labute approximate surface area is 155 Å². The minimum Gasteiger partial charge on any atom is -0.506 e. The lowest BCUT2D eigenvalue weighted by Gasteiger charge is -2.11. The number of hydrogen-bond acceptors (Lipinski definition) is 5. The summed E-state index contributed by atoms with van der Waals surface area (Å²) in [7, 11) is 0. The first-order valence-corrected chi connectivity index (χ1v) is 8.09. The number of rotatable bonds is 4. The highest BCUT2D eigenvalue weighted by Crippen LogP contribution is 2.27. The fourth-order valence-electron chi connectivity index (χ4n) is 2.38. The first-order chi connectivity index (χ1) is 12.9. The van der Waals surface area contributed by atoms with Crippen LogP contribution in [0.1, 0.15) is 20.7 Å². The van der Waals surface area contributed by atoms with E-state index < -0.39 is 5.91 Å². The fourth-order valence-corrected chi connectivity index (χ4v) is 2.38. The van der Waals surface area contributed by atoms with Crippen molar-refractivity contribution < 1.29 is 14.7 Å². The number of nitrogens with two attached hydrogens (primary N) is 2. The lowest BCUT2D eigenvalue weighted by atomic mass is 10.1. The zero-order valence-corrected chi connectivity index (χ0v) is 14.3. The summed E-state index contributed by atoms with van der Waals surface area (Å²) in [6.07, 6.45) is 0. The van der Waals surface area contributed by atoms with Gasteiger partial charge in [0.25, 0.3) is 11.8 Å². The molecule has 0 aromatic heterocycles. The van der Waals surface area contributed by atoms with Crippen molar-refractivity contribution in [1.82, 2.24) is 0 Å². The summed E-state index contributed by atoms with van der Waals surface area (Å²) in [6.45, 7) is 0. The van der Waals surface area contributed by atoms with Gasteiger partial charge in [-0.05, 0) is 66.7 Å². The van der Waals surface area contributed by atoms with E-state index in [1.165, 1.54) is 18.2 Å². The van der Waals surface area contributed by atoms with Crippen molar-refractivity contribution in [2.24, 2.45) is 0 Å². The Kier molecular flexibility index (Phi) is 4.94. The van der Waals surface area contributed by atoms with Crippen LogP contribution in [0.15, 0.2) is 66.7 Å². The maximum absolute atomic E-state index is 12.3. The second-order valence-electron chi connectivity index (χ2n) is 5.88. The molecule has 0 radical (unpaired) electrons. The van der Waals surface area contributed by atoms with Gasteiger partial charge in [-0.3, -0.25) is 9.59 Å². The van der Waals surface area contributed by atoms with Crippen LogP contribution >= 0.6 is 0 Å². The number of phenols is 1. The van der Waals surface area contributed by atoms with Crippen molar-refractivity contribution in [2.45, 2.75) is 0 Å². The molecule has 0 fully saturated rings. The standard InChI is InChI=1S/C20H18N4O3/c21-14-5-1-12(2-6-14)19(26)23-16-9-10-18(25)17(11-16)24-20(27)13-3-7-15(22)8-4-13/h1-11,25H,21-22H2,(H,23,26)(H,24,27). The molecule has 7 nitrogen and oxygen atoms in total. The molecule has 0 saturated carbocycles. The maximum Gasteiger partial charge on any atom is 0.255 e. The highest BCUT2D eigenvalue weighted by Gasteiger charge is 2.11. The van der Waals surface area contributed by atoms with Crippen molar-refractivity contribution in [1.29, 1.82) is 0 Å². The average Bonchev–Trinajstić information content (AvgIpc) is 2.65. The summed E-state index contributed by atoms with van der Waals surface area (Å²) in [5.74, 6) is -0.868. The van der Waals surface area contributed by atoms with Gasteiger partial charge < -0.3 is 27.2 Å². The minimum absolute atomic E-state index is 0.121. The summed E-state index contributed by atoms with van der Waals surface area (Å²) < 4.78 is 0. The van der Waals surface area contributed by atoms with Gasteiger partial charge in [-0.2, -0.15) is 0 Å². The van der Waals surface area contributed by atoms with Crippen LogP contribution in [0.25, 0.3) is 0 Å². The number of nitrogen functional groups attached to an aromatic ring is 2. The molecule has 0 heterocycles. The van der Waals surface area contributed by atoms with Gasteiger partial charge in [0.2, 0.25) is 0 Å². The van der Waals surface area contributed by atoms with Gasteiger partial charge in [0.05, 0.1) is 5.69 Å². The second kappa shape index (κ2) is 7.49. The Balaban J connectivity index is 1.75. The van der Waals surface area contributed by atoms with Crippen molar-refractivity contribution in [3.05, 3.63) is 77.9 Å². The molecule has 0 aliphatic carbocycles. The van der Waals surface area contributed by atoms with E-state index in [1.807, 2.05) is 0 Å². The van der Waals surface area contributed by atoms with Gasteiger partial charge in [0.1, 0.15) is 5.75 Å². The van der Waals surface area contributed by atoms with Crippen molar-refractivity contribution in [3.63, 3.8) is 0 Å². The molecule has 0 aliphatic heterocycles. The molecule has 7 heteroatoms. The average molecular weight is 362 g/mol. The molecule has 7 N–H and O–H groups in total. The molecule has 0 saturated heterocycles. The lowest BCUT2D eigenvalue weighted by Crippen LogP contribution is -2.14. The van der Waals surface area contributed by atoms with E-state index in [0.29, 0.717) is 28.2 Å². The van der Waals surface area contributed by atoms with Crippen LogP contribution in [0, 0.1) is 0 Å². The number of amides is 2. The summed E-state index contributed by atoms with van der Waals surface area (Å²) in [6, 6.07) is 17.2. The summed E-state index contributed by atoms with van der Waals surface area (Å²) in [5.41, 5.74) is 13.7. The number of carbonyl (C=O) groups excluding carboxylic acids is 2. The van der Waals surface area contributed by atoms with E-state index in [4.69, 9.17) is 11.5 Å². The third-order valence-electron chi connectivity index (χ3n) is 3.85. The first kappa shape index (κ1) is 17.8. The molecule has 0 unspecified atom stereocenters. The predicted octanol–water partition coefficient (Wildman–Crippen LogP) is 3.06. The minimum atomic E-state index is -0.410. The molecule has 3 rings (SSSR count). The monoisotopic (exact) mass is 362 g/mol. The number of phenolic OH excluding ortho intramolecular Hbond substituents is 1. The van der Waals surface area contributed by atoms with E-state index >= 15 is 0 Å². The predicted molar refractivity (Wildman–Crippen MR) is 106 cm³/mol. The van der Waals surface area contributed by atoms with Gasteiger partial charge in [-0.1, -0.05) is 0 Å². The van der Waals surface area contributed by atoms with Gasteiger partial charge in [0.15, 0.2) is 0 Å². The van der Waals surface area contributed by atoms with Gasteiger partial charge >= 0.3 is 0 Å². The molecular weight excluding hydrogens is 344 g/mol. The van der Waals surface area contributed by atoms with E-state index in [9.17, 15) is 14.7 Å². The number of nitrogens with one attached hydrogen (secondary N) is 2. The smallest absolute Gasteiger partial charge is 0.255 e. The van der Waals surface area contributed by atoms with Crippen LogP contribution in [-0.4, -0.2) is 16.9 Å². The highest BCUT2D eigenvalue weighted by molar-refractivity contribution is 6.07. The maximum atomic E-state index is 12.3. The van der Waals surface area contributed by atoms with E-state index in [-0.39, 0.29) is 17.3 Å². The molecule has 0 atom stereocenters. The van der Waals surface area contributed by atoms with E-state index in [1.54, 1.807) is 48.5 Å². The van der Waals surface area contributed by atoms with Crippen molar-refractivity contribution in [3.8, 4) is 5.75 Å². The number of benzene rings is 3. The molecule has 3 aromatic carbocycles. The Hall–Kier alpha value is -4.00. The number of hydrogen-bond donors (Lipinski definition) is 5. The normalized spacial score (nSPS) is 10.2. The van der Waals surface area contributed by atoms with Crippen LogP contribution in [0.3, 0.4) is 0 Å². The van der Waals surface area contributed by atoms with E-state index in [0.717, 1.165) is 0 Å². The highest BCUT2D eigenvalue weighted by atomic mass is 16.3. The Morgan fingerprint density at radius 1 is 0.704 bits per heavy atom. The van der Waals surface area contributed by atoms with Crippen molar-refractivity contribution in [2.75, 3.05) is 22.1 Å². The zero-order chi connectivity index (χ0) is 19.4. The number of aromatic hydroxyl groups is 1. The van der Waals surface area contributed by atoms with E-state index in [2.05, 4.69) is 10.6 Å². The topological polar surface area (TPSA) is 130 Å². The van der Waals surface area contributed by atoms with Crippen LogP contribution in [0.2, 0.25) is 0 Å². The van der Waals surface area contributed by atoms with Gasteiger partial charge in [-0.15, -0.1) is 0 Å². The third kappa shape index (κ3) is 4.35. The van der Waals surface area contributed by atoms with Gasteiger partial charge in [-0.25, -0.2) is 0 Å². The van der Waals surface area contributed by atoms with Crippen LogP contribution in [0.4, 0.5) is 22.7 Å². The molecule has 0 bridgehead atoms. The first-order valence-electron chi connectivity index (χ1n) is 8.09. The number of carbonyl (C=O) groups is 2. The quantitative estimate of drug-likeness (QED) is 0.277.